The number of aromatic nitrogens is 1. The number of carbonyl (C=O) groups is 1. The summed E-state index contributed by atoms with van der Waals surface area (Å²) >= 11 is 0. The molecule has 0 amide bonds. The van der Waals surface area contributed by atoms with E-state index >= 15 is 0 Å². The molecular weight excluding hydrogens is 228 g/mol. The van der Waals surface area contributed by atoms with E-state index in [0.717, 1.165) is 13.0 Å². The summed E-state index contributed by atoms with van der Waals surface area (Å²) in [5.41, 5.74) is 1.26. The zero-order chi connectivity index (χ0) is 12.8. The first-order chi connectivity index (χ1) is 8.79. The van der Waals surface area contributed by atoms with Gasteiger partial charge in [0.1, 0.15) is 0 Å². The van der Waals surface area contributed by atoms with Gasteiger partial charge in [-0.15, -0.1) is 0 Å². The average molecular weight is 248 g/mol. The maximum atomic E-state index is 11.5. The Kier molecular flexibility index (Phi) is 4.70. The van der Waals surface area contributed by atoms with Crippen LogP contribution in [0.2, 0.25) is 0 Å². The van der Waals surface area contributed by atoms with Crippen LogP contribution in [0.3, 0.4) is 0 Å². The first-order valence-corrected chi connectivity index (χ1v) is 6.58. The molecular formula is C14H20N2O2. The Bertz CT molecular complexity index is 377. The minimum absolute atomic E-state index is 0.112. The molecule has 0 atom stereocenters. The van der Waals surface area contributed by atoms with Crippen LogP contribution in [0.4, 0.5) is 0 Å². The molecule has 1 saturated carbocycles. The maximum absolute atomic E-state index is 11.5. The second kappa shape index (κ2) is 6.50. The highest BCUT2D eigenvalue weighted by molar-refractivity contribution is 5.71. The largest absolute Gasteiger partial charge is 0.465 e. The fourth-order valence-corrected chi connectivity index (χ4v) is 2.03. The molecule has 0 aliphatic heterocycles. The van der Waals surface area contributed by atoms with Crippen LogP contribution in [0.15, 0.2) is 24.5 Å². The van der Waals surface area contributed by atoms with Crippen molar-refractivity contribution < 1.29 is 9.53 Å². The Hall–Kier alpha value is -1.42. The molecule has 1 heterocycles. The summed E-state index contributed by atoms with van der Waals surface area (Å²) in [5.74, 6) is -0.112. The minimum atomic E-state index is -0.112. The normalized spacial score (nSPS) is 14.8. The van der Waals surface area contributed by atoms with Crippen molar-refractivity contribution in [2.75, 3.05) is 19.7 Å². The number of hydrogen-bond acceptors (Lipinski definition) is 4. The summed E-state index contributed by atoms with van der Waals surface area (Å²) in [6, 6.07) is 4.63. The number of rotatable bonds is 7. The van der Waals surface area contributed by atoms with E-state index < -0.39 is 0 Å². The van der Waals surface area contributed by atoms with E-state index in [4.69, 9.17) is 4.74 Å². The van der Waals surface area contributed by atoms with Crippen LogP contribution in [-0.4, -0.2) is 41.6 Å². The molecule has 4 heteroatoms. The minimum Gasteiger partial charge on any atom is -0.465 e. The van der Waals surface area contributed by atoms with Gasteiger partial charge in [-0.05, 0) is 43.9 Å². The standard InChI is InChI=1S/C14H20N2O2/c1-2-18-14(17)11-16(13-3-4-13)10-7-12-5-8-15-9-6-12/h5-6,8-9,13H,2-4,7,10-11H2,1H3. The number of carbonyl (C=O) groups excluding carboxylic acids is 1. The van der Waals surface area contributed by atoms with Crippen molar-refractivity contribution in [3.05, 3.63) is 30.1 Å². The van der Waals surface area contributed by atoms with E-state index in [2.05, 4.69) is 9.88 Å². The van der Waals surface area contributed by atoms with E-state index in [0.29, 0.717) is 19.2 Å². The molecule has 0 unspecified atom stereocenters. The summed E-state index contributed by atoms with van der Waals surface area (Å²) in [5, 5.41) is 0. The first kappa shape index (κ1) is 13.0. The molecule has 0 bridgehead atoms. The van der Waals surface area contributed by atoms with Gasteiger partial charge in [0.15, 0.2) is 0 Å². The lowest BCUT2D eigenvalue weighted by Crippen LogP contribution is -2.34. The molecule has 1 aliphatic carbocycles. The van der Waals surface area contributed by atoms with Crippen molar-refractivity contribution in [3.8, 4) is 0 Å². The lowest BCUT2D eigenvalue weighted by molar-refractivity contribution is -0.144. The van der Waals surface area contributed by atoms with Crippen LogP contribution < -0.4 is 0 Å². The Morgan fingerprint density at radius 1 is 1.44 bits per heavy atom. The molecule has 0 spiro atoms. The molecule has 1 aromatic heterocycles. The molecule has 98 valence electrons. The van der Waals surface area contributed by atoms with Crippen LogP contribution >= 0.6 is 0 Å². The zero-order valence-electron chi connectivity index (χ0n) is 10.8. The van der Waals surface area contributed by atoms with Gasteiger partial charge in [0, 0.05) is 25.0 Å². The van der Waals surface area contributed by atoms with Crippen LogP contribution in [0, 0.1) is 0 Å². The highest BCUT2D eigenvalue weighted by atomic mass is 16.5. The van der Waals surface area contributed by atoms with Crippen molar-refractivity contribution >= 4 is 5.97 Å². The van der Waals surface area contributed by atoms with Gasteiger partial charge in [-0.1, -0.05) is 0 Å². The predicted octanol–water partition coefficient (Wildman–Crippen LogP) is 1.65. The van der Waals surface area contributed by atoms with E-state index in [9.17, 15) is 4.79 Å². The van der Waals surface area contributed by atoms with Crippen molar-refractivity contribution in [1.29, 1.82) is 0 Å². The van der Waals surface area contributed by atoms with Crippen molar-refractivity contribution in [2.24, 2.45) is 0 Å². The lowest BCUT2D eigenvalue weighted by Gasteiger charge is -2.20. The van der Waals surface area contributed by atoms with Crippen LogP contribution in [0.5, 0.6) is 0 Å². The Morgan fingerprint density at radius 2 is 2.17 bits per heavy atom. The molecule has 1 aliphatic rings. The van der Waals surface area contributed by atoms with Crippen LogP contribution in [0.1, 0.15) is 25.3 Å². The van der Waals surface area contributed by atoms with Crippen molar-refractivity contribution in [3.63, 3.8) is 0 Å². The molecule has 2 rings (SSSR count). The van der Waals surface area contributed by atoms with E-state index in [-0.39, 0.29) is 5.97 Å². The third-order valence-electron chi connectivity index (χ3n) is 3.14. The van der Waals surface area contributed by atoms with Crippen LogP contribution in [-0.2, 0) is 16.0 Å². The predicted molar refractivity (Wildman–Crippen MR) is 69.2 cm³/mol. The molecule has 0 saturated heterocycles. The summed E-state index contributed by atoms with van der Waals surface area (Å²) < 4.78 is 5.01. The van der Waals surface area contributed by atoms with Gasteiger partial charge in [0.2, 0.25) is 0 Å². The fraction of sp³-hybridized carbons (Fsp3) is 0.571. The molecule has 0 radical (unpaired) electrons. The highest BCUT2D eigenvalue weighted by Gasteiger charge is 2.30. The molecule has 4 nitrogen and oxygen atoms in total. The van der Waals surface area contributed by atoms with Gasteiger partial charge in [-0.25, -0.2) is 0 Å². The summed E-state index contributed by atoms with van der Waals surface area (Å²) in [7, 11) is 0. The van der Waals surface area contributed by atoms with Gasteiger partial charge < -0.3 is 4.74 Å². The summed E-state index contributed by atoms with van der Waals surface area (Å²) in [4.78, 5) is 17.8. The molecule has 0 aromatic carbocycles. The quantitative estimate of drug-likeness (QED) is 0.688. The van der Waals surface area contributed by atoms with Gasteiger partial charge in [-0.2, -0.15) is 0 Å². The number of pyridine rings is 1. The summed E-state index contributed by atoms with van der Waals surface area (Å²) in [6.45, 7) is 3.63. The maximum Gasteiger partial charge on any atom is 0.320 e. The number of hydrogen-bond donors (Lipinski definition) is 0. The van der Waals surface area contributed by atoms with Crippen molar-refractivity contribution in [2.45, 2.75) is 32.2 Å². The van der Waals surface area contributed by atoms with Gasteiger partial charge in [0.25, 0.3) is 0 Å². The first-order valence-electron chi connectivity index (χ1n) is 6.58. The fourth-order valence-electron chi connectivity index (χ4n) is 2.03. The van der Waals surface area contributed by atoms with Crippen molar-refractivity contribution in [1.82, 2.24) is 9.88 Å². The van der Waals surface area contributed by atoms with E-state index in [1.807, 2.05) is 31.5 Å². The Labute approximate surface area is 108 Å². The third-order valence-corrected chi connectivity index (χ3v) is 3.14. The number of esters is 1. The van der Waals surface area contributed by atoms with E-state index in [1.165, 1.54) is 18.4 Å². The van der Waals surface area contributed by atoms with Gasteiger partial charge in [0.05, 0.1) is 13.2 Å². The molecule has 0 N–H and O–H groups in total. The van der Waals surface area contributed by atoms with Gasteiger partial charge in [-0.3, -0.25) is 14.7 Å². The highest BCUT2D eigenvalue weighted by Crippen LogP contribution is 2.26. The Balaban J connectivity index is 1.81. The third kappa shape index (κ3) is 4.11. The number of nitrogens with zero attached hydrogens (tertiary/aromatic N) is 2. The topological polar surface area (TPSA) is 42.4 Å². The van der Waals surface area contributed by atoms with E-state index in [1.54, 1.807) is 0 Å². The van der Waals surface area contributed by atoms with Gasteiger partial charge >= 0.3 is 5.97 Å². The second-order valence-electron chi connectivity index (χ2n) is 4.61. The Morgan fingerprint density at radius 3 is 2.78 bits per heavy atom. The molecule has 1 aromatic rings. The van der Waals surface area contributed by atoms with Crippen LogP contribution in [0.25, 0.3) is 0 Å². The zero-order valence-corrected chi connectivity index (χ0v) is 10.8. The summed E-state index contributed by atoms with van der Waals surface area (Å²) in [6.07, 6.45) is 6.98. The second-order valence-corrected chi connectivity index (χ2v) is 4.61. The lowest BCUT2D eigenvalue weighted by atomic mass is 10.2. The average Bonchev–Trinajstić information content (AvgIpc) is 3.20. The monoisotopic (exact) mass is 248 g/mol. The molecule has 18 heavy (non-hydrogen) atoms. The molecule has 1 fully saturated rings. The smallest absolute Gasteiger partial charge is 0.320 e. The number of ether oxygens (including phenoxy) is 1. The SMILES string of the molecule is CCOC(=O)CN(CCc1ccncc1)C1CC1.